The van der Waals surface area contributed by atoms with E-state index in [2.05, 4.69) is 11.4 Å². The summed E-state index contributed by atoms with van der Waals surface area (Å²) in [5.41, 5.74) is 0. The van der Waals surface area contributed by atoms with Gasteiger partial charge in [-0.1, -0.05) is 0 Å². The van der Waals surface area contributed by atoms with Crippen LogP contribution in [0.15, 0.2) is 24.3 Å². The first-order valence-corrected chi connectivity index (χ1v) is 8.02. The third-order valence-corrected chi connectivity index (χ3v) is 4.49. The number of benzene rings is 1. The van der Waals surface area contributed by atoms with Crippen LogP contribution in [-0.4, -0.2) is 42.1 Å². The lowest BCUT2D eigenvalue weighted by molar-refractivity contribution is -0.133. The van der Waals surface area contributed by atoms with Crippen molar-refractivity contribution < 1.29 is 13.9 Å². The Hall–Kier alpha value is -2.13. The van der Waals surface area contributed by atoms with Gasteiger partial charge in [0.05, 0.1) is 12.1 Å². The van der Waals surface area contributed by atoms with Crippen molar-refractivity contribution >= 4 is 5.91 Å². The van der Waals surface area contributed by atoms with E-state index in [9.17, 15) is 9.18 Å². The van der Waals surface area contributed by atoms with Gasteiger partial charge in [-0.3, -0.25) is 10.1 Å². The normalized spacial score (nSPS) is 27.0. The topological polar surface area (TPSA) is 65.4 Å². The number of rotatable bonds is 4. The van der Waals surface area contributed by atoms with Gasteiger partial charge in [0, 0.05) is 12.6 Å². The molecule has 5 nitrogen and oxygen atoms in total. The van der Waals surface area contributed by atoms with E-state index < -0.39 is 0 Å². The van der Waals surface area contributed by atoms with Crippen molar-refractivity contribution in [2.24, 2.45) is 0 Å². The number of nitrogens with one attached hydrogen (secondary N) is 1. The molecule has 23 heavy (non-hydrogen) atoms. The monoisotopic (exact) mass is 317 g/mol. The maximum absolute atomic E-state index is 12.8. The van der Waals surface area contributed by atoms with Crippen LogP contribution in [0.2, 0.25) is 0 Å². The molecular weight excluding hydrogens is 297 g/mol. The SMILES string of the molecule is N#C[C@@H]1CCCN1C(=O)[C@@H]1CC[C@H](COc2ccc(F)cc2)N1. The highest BCUT2D eigenvalue weighted by molar-refractivity contribution is 5.83. The quantitative estimate of drug-likeness (QED) is 0.920. The maximum Gasteiger partial charge on any atom is 0.240 e. The van der Waals surface area contributed by atoms with Gasteiger partial charge in [0.2, 0.25) is 5.91 Å². The number of halogens is 1. The first kappa shape index (κ1) is 15.8. The third-order valence-electron chi connectivity index (χ3n) is 4.49. The van der Waals surface area contributed by atoms with Crippen LogP contribution < -0.4 is 10.1 Å². The summed E-state index contributed by atoms with van der Waals surface area (Å²) in [5, 5.41) is 12.4. The summed E-state index contributed by atoms with van der Waals surface area (Å²) in [6.07, 6.45) is 3.27. The summed E-state index contributed by atoms with van der Waals surface area (Å²) in [5.74, 6) is 0.352. The Labute approximate surface area is 135 Å². The minimum Gasteiger partial charge on any atom is -0.492 e. The molecule has 2 saturated heterocycles. The van der Waals surface area contributed by atoms with Gasteiger partial charge in [0.15, 0.2) is 0 Å². The fourth-order valence-corrected chi connectivity index (χ4v) is 3.24. The summed E-state index contributed by atoms with van der Waals surface area (Å²) in [6, 6.07) is 7.69. The summed E-state index contributed by atoms with van der Waals surface area (Å²) in [4.78, 5) is 14.2. The summed E-state index contributed by atoms with van der Waals surface area (Å²) < 4.78 is 18.5. The van der Waals surface area contributed by atoms with Crippen LogP contribution in [0.3, 0.4) is 0 Å². The second-order valence-electron chi connectivity index (χ2n) is 6.08. The number of nitrogens with zero attached hydrogens (tertiary/aromatic N) is 2. The molecule has 3 rings (SSSR count). The van der Waals surface area contributed by atoms with Gasteiger partial charge in [-0.2, -0.15) is 5.26 Å². The number of ether oxygens (including phenoxy) is 1. The molecule has 0 radical (unpaired) electrons. The molecule has 1 N–H and O–H groups in total. The number of hydrogen-bond donors (Lipinski definition) is 1. The lowest BCUT2D eigenvalue weighted by Gasteiger charge is -2.23. The molecule has 1 amide bonds. The second-order valence-corrected chi connectivity index (χ2v) is 6.08. The van der Waals surface area contributed by atoms with E-state index in [1.165, 1.54) is 12.1 Å². The van der Waals surface area contributed by atoms with Crippen molar-refractivity contribution in [2.45, 2.75) is 43.8 Å². The Balaban J connectivity index is 1.49. The predicted octanol–water partition coefficient (Wildman–Crippen LogP) is 1.84. The van der Waals surface area contributed by atoms with E-state index >= 15 is 0 Å². The predicted molar refractivity (Wildman–Crippen MR) is 82.2 cm³/mol. The summed E-state index contributed by atoms with van der Waals surface area (Å²) in [7, 11) is 0. The average Bonchev–Trinajstić information content (AvgIpc) is 3.23. The molecule has 0 aliphatic carbocycles. The molecule has 0 aromatic heterocycles. The molecule has 3 atom stereocenters. The Kier molecular flexibility index (Phi) is 4.77. The highest BCUT2D eigenvalue weighted by Crippen LogP contribution is 2.22. The zero-order valence-electron chi connectivity index (χ0n) is 12.9. The van der Waals surface area contributed by atoms with Crippen molar-refractivity contribution in [3.63, 3.8) is 0 Å². The average molecular weight is 317 g/mol. The first-order valence-electron chi connectivity index (χ1n) is 8.02. The van der Waals surface area contributed by atoms with E-state index in [1.54, 1.807) is 17.0 Å². The fraction of sp³-hybridized carbons (Fsp3) is 0.529. The smallest absolute Gasteiger partial charge is 0.240 e. The standard InChI is InChI=1S/C17H20FN3O2/c18-12-3-6-15(7-4-12)23-11-13-5-8-16(20-13)17(22)21-9-1-2-14(21)10-19/h3-4,6-7,13-14,16,20H,1-2,5,8-9,11H2/t13-,14+,16+/m1/s1. The van der Waals surface area contributed by atoms with Crippen LogP contribution >= 0.6 is 0 Å². The molecule has 2 aliphatic heterocycles. The molecule has 122 valence electrons. The van der Waals surface area contributed by atoms with Crippen molar-refractivity contribution in [2.75, 3.05) is 13.2 Å². The molecule has 2 heterocycles. The summed E-state index contributed by atoms with van der Waals surface area (Å²) in [6.45, 7) is 1.11. The lowest BCUT2D eigenvalue weighted by atomic mass is 10.1. The Morgan fingerprint density at radius 2 is 2.13 bits per heavy atom. The minimum absolute atomic E-state index is 0.0262. The molecule has 0 unspecified atom stereocenters. The van der Waals surface area contributed by atoms with Gasteiger partial charge in [-0.05, 0) is 49.9 Å². The number of carbonyl (C=O) groups is 1. The second kappa shape index (κ2) is 6.97. The number of likely N-dealkylation sites (tertiary alicyclic amines) is 1. The van der Waals surface area contributed by atoms with Gasteiger partial charge in [0.1, 0.15) is 24.2 Å². The van der Waals surface area contributed by atoms with Gasteiger partial charge in [0.25, 0.3) is 0 Å². The third kappa shape index (κ3) is 3.62. The van der Waals surface area contributed by atoms with Crippen LogP contribution in [-0.2, 0) is 4.79 Å². The number of amides is 1. The Morgan fingerprint density at radius 3 is 2.87 bits per heavy atom. The largest absolute Gasteiger partial charge is 0.492 e. The van der Waals surface area contributed by atoms with Crippen molar-refractivity contribution in [1.82, 2.24) is 10.2 Å². The molecule has 0 bridgehead atoms. The Bertz CT molecular complexity index is 599. The highest BCUT2D eigenvalue weighted by Gasteiger charge is 2.36. The van der Waals surface area contributed by atoms with Crippen LogP contribution in [0.5, 0.6) is 5.75 Å². The van der Waals surface area contributed by atoms with Crippen LogP contribution in [0.1, 0.15) is 25.7 Å². The van der Waals surface area contributed by atoms with Crippen molar-refractivity contribution in [3.05, 3.63) is 30.1 Å². The lowest BCUT2D eigenvalue weighted by Crippen LogP contribution is -2.47. The van der Waals surface area contributed by atoms with E-state index in [-0.39, 0.29) is 29.8 Å². The van der Waals surface area contributed by atoms with Crippen molar-refractivity contribution in [1.29, 1.82) is 5.26 Å². The number of hydrogen-bond acceptors (Lipinski definition) is 4. The van der Waals surface area contributed by atoms with Crippen LogP contribution in [0.25, 0.3) is 0 Å². The van der Waals surface area contributed by atoms with E-state index in [0.717, 1.165) is 25.7 Å². The number of carbonyl (C=O) groups excluding carboxylic acids is 1. The molecule has 0 saturated carbocycles. The molecule has 0 spiro atoms. The zero-order valence-corrected chi connectivity index (χ0v) is 12.9. The molecule has 2 aliphatic rings. The molecular formula is C17H20FN3O2. The van der Waals surface area contributed by atoms with Crippen LogP contribution in [0.4, 0.5) is 4.39 Å². The molecule has 2 fully saturated rings. The minimum atomic E-state index is -0.292. The van der Waals surface area contributed by atoms with Gasteiger partial charge in [-0.15, -0.1) is 0 Å². The summed E-state index contributed by atoms with van der Waals surface area (Å²) >= 11 is 0. The van der Waals surface area contributed by atoms with E-state index in [4.69, 9.17) is 10.00 Å². The van der Waals surface area contributed by atoms with Crippen molar-refractivity contribution in [3.8, 4) is 11.8 Å². The maximum atomic E-state index is 12.8. The Morgan fingerprint density at radius 1 is 1.35 bits per heavy atom. The van der Waals surface area contributed by atoms with E-state index in [1.807, 2.05) is 0 Å². The van der Waals surface area contributed by atoms with Crippen LogP contribution in [0, 0.1) is 17.1 Å². The first-order chi connectivity index (χ1) is 11.2. The molecule has 1 aromatic carbocycles. The van der Waals surface area contributed by atoms with Gasteiger partial charge in [-0.25, -0.2) is 4.39 Å². The molecule has 1 aromatic rings. The van der Waals surface area contributed by atoms with E-state index in [0.29, 0.717) is 18.9 Å². The number of nitriles is 1. The molecule has 6 heteroatoms. The highest BCUT2D eigenvalue weighted by atomic mass is 19.1. The zero-order chi connectivity index (χ0) is 16.2. The fourth-order valence-electron chi connectivity index (χ4n) is 3.24. The van der Waals surface area contributed by atoms with Gasteiger partial charge < -0.3 is 9.64 Å². The van der Waals surface area contributed by atoms with Gasteiger partial charge >= 0.3 is 0 Å².